The van der Waals surface area contributed by atoms with Crippen molar-refractivity contribution in [2.24, 2.45) is 0 Å². The summed E-state index contributed by atoms with van der Waals surface area (Å²) in [7, 11) is 3.00. The van der Waals surface area contributed by atoms with Gasteiger partial charge < -0.3 is 19.7 Å². The number of fused-ring (bicyclic) bond motifs is 2. The van der Waals surface area contributed by atoms with Gasteiger partial charge in [0.2, 0.25) is 23.3 Å². The Balaban J connectivity index is 1.84. The zero-order valence-electron chi connectivity index (χ0n) is 15.1. The van der Waals surface area contributed by atoms with Gasteiger partial charge >= 0.3 is 0 Å². The Morgan fingerprint density at radius 1 is 1.00 bits per heavy atom. The van der Waals surface area contributed by atoms with Crippen molar-refractivity contribution < 1.29 is 29.3 Å². The quantitative estimate of drug-likeness (QED) is 0.558. The van der Waals surface area contributed by atoms with Crippen molar-refractivity contribution >= 4 is 11.6 Å². The van der Waals surface area contributed by atoms with Gasteiger partial charge in [-0.05, 0) is 24.3 Å². The molecule has 0 radical (unpaired) electrons. The number of aromatic nitrogens is 2. The van der Waals surface area contributed by atoms with Crippen LogP contribution in [0.5, 0.6) is 23.3 Å². The molecule has 0 atom stereocenters. The third-order valence-corrected chi connectivity index (χ3v) is 4.75. The van der Waals surface area contributed by atoms with Crippen LogP contribution in [0.2, 0.25) is 0 Å². The first-order valence-corrected chi connectivity index (χ1v) is 8.37. The predicted octanol–water partition coefficient (Wildman–Crippen LogP) is 2.14. The van der Waals surface area contributed by atoms with Gasteiger partial charge in [-0.15, -0.1) is 0 Å². The number of benzene rings is 1. The lowest BCUT2D eigenvalue weighted by Crippen LogP contribution is -2.20. The summed E-state index contributed by atoms with van der Waals surface area (Å²) in [5.41, 5.74) is 0.178. The molecular weight excluding hydrogens is 364 g/mol. The summed E-state index contributed by atoms with van der Waals surface area (Å²) in [6.07, 6.45) is 1.39. The second kappa shape index (κ2) is 6.41. The maximum atomic E-state index is 12.8. The largest absolute Gasteiger partial charge is 0.497 e. The topological polar surface area (TPSA) is 111 Å². The highest BCUT2D eigenvalue weighted by molar-refractivity contribution is 6.29. The molecular formula is C20H16N2O6. The van der Waals surface area contributed by atoms with Gasteiger partial charge in [-0.25, -0.2) is 0 Å². The number of hydrogen-bond donors (Lipinski definition) is 2. The van der Waals surface area contributed by atoms with E-state index < -0.39 is 23.3 Å². The molecule has 1 aliphatic carbocycles. The molecule has 2 aromatic heterocycles. The Morgan fingerprint density at radius 3 is 2.39 bits per heavy atom. The van der Waals surface area contributed by atoms with Crippen LogP contribution in [-0.4, -0.2) is 45.6 Å². The summed E-state index contributed by atoms with van der Waals surface area (Å²) in [6, 6.07) is 8.06. The molecule has 0 spiro atoms. The predicted molar refractivity (Wildman–Crippen MR) is 97.5 cm³/mol. The molecule has 0 amide bonds. The lowest BCUT2D eigenvalue weighted by atomic mass is 9.89. The minimum Gasteiger partial charge on any atom is -0.497 e. The fraction of sp³-hybridized carbons (Fsp3) is 0.150. The summed E-state index contributed by atoms with van der Waals surface area (Å²) in [5, 5.41) is 21.3. The molecule has 0 saturated heterocycles. The Kier molecular flexibility index (Phi) is 4.03. The Morgan fingerprint density at radius 2 is 1.71 bits per heavy atom. The van der Waals surface area contributed by atoms with Crippen molar-refractivity contribution in [3.8, 4) is 23.3 Å². The van der Waals surface area contributed by atoms with E-state index in [9.17, 15) is 19.8 Å². The van der Waals surface area contributed by atoms with Gasteiger partial charge in [-0.1, -0.05) is 0 Å². The second-order valence-corrected chi connectivity index (χ2v) is 6.22. The van der Waals surface area contributed by atoms with Crippen LogP contribution in [0.1, 0.15) is 37.5 Å². The van der Waals surface area contributed by atoms with Crippen molar-refractivity contribution in [2.75, 3.05) is 14.2 Å². The highest BCUT2D eigenvalue weighted by atomic mass is 16.5. The molecule has 28 heavy (non-hydrogen) atoms. The van der Waals surface area contributed by atoms with Gasteiger partial charge in [0.1, 0.15) is 22.8 Å². The van der Waals surface area contributed by atoms with Gasteiger partial charge in [0, 0.05) is 17.8 Å². The van der Waals surface area contributed by atoms with Gasteiger partial charge in [0.15, 0.2) is 0 Å². The summed E-state index contributed by atoms with van der Waals surface area (Å²) in [6.45, 7) is -0.0256. The number of pyridine rings is 1. The molecule has 2 N–H and O–H groups in total. The van der Waals surface area contributed by atoms with Crippen molar-refractivity contribution in [2.45, 2.75) is 6.54 Å². The first-order chi connectivity index (χ1) is 13.5. The zero-order chi connectivity index (χ0) is 20.0. The van der Waals surface area contributed by atoms with E-state index in [0.717, 1.165) is 4.57 Å². The van der Waals surface area contributed by atoms with E-state index in [1.165, 1.54) is 32.5 Å². The van der Waals surface area contributed by atoms with Crippen LogP contribution in [0.15, 0.2) is 36.5 Å². The molecule has 1 aliphatic rings. The summed E-state index contributed by atoms with van der Waals surface area (Å²) in [5.74, 6) is -1.12. The minimum atomic E-state index is -0.613. The Bertz CT molecular complexity index is 1070. The van der Waals surface area contributed by atoms with Crippen LogP contribution in [0.3, 0.4) is 0 Å². The number of rotatable bonds is 4. The number of aromatic hydroxyl groups is 2. The van der Waals surface area contributed by atoms with E-state index in [1.54, 1.807) is 18.2 Å². The average molecular weight is 380 g/mol. The molecule has 4 rings (SSSR count). The highest BCUT2D eigenvalue weighted by Crippen LogP contribution is 2.41. The summed E-state index contributed by atoms with van der Waals surface area (Å²) >= 11 is 0. The molecule has 142 valence electrons. The lowest BCUT2D eigenvalue weighted by Gasteiger charge is -2.12. The van der Waals surface area contributed by atoms with Crippen LogP contribution < -0.4 is 9.47 Å². The van der Waals surface area contributed by atoms with Gasteiger partial charge in [-0.3, -0.25) is 19.1 Å². The van der Waals surface area contributed by atoms with Crippen LogP contribution >= 0.6 is 0 Å². The van der Waals surface area contributed by atoms with E-state index in [1.807, 2.05) is 0 Å². The molecule has 3 aromatic rings. The molecule has 2 heterocycles. The number of ether oxygens (including phenoxy) is 2. The lowest BCUT2D eigenvalue weighted by molar-refractivity contribution is 0.0972. The van der Waals surface area contributed by atoms with E-state index in [-0.39, 0.29) is 28.9 Å². The number of methoxy groups -OCH3 is 2. The Labute approximate surface area is 159 Å². The third kappa shape index (κ3) is 2.42. The van der Waals surface area contributed by atoms with Crippen molar-refractivity contribution in [3.63, 3.8) is 0 Å². The van der Waals surface area contributed by atoms with E-state index in [4.69, 9.17) is 9.47 Å². The van der Waals surface area contributed by atoms with Crippen LogP contribution in [-0.2, 0) is 6.54 Å². The number of hydrogen-bond acceptors (Lipinski definition) is 7. The highest BCUT2D eigenvalue weighted by Gasteiger charge is 2.39. The fourth-order valence-electron chi connectivity index (χ4n) is 3.35. The maximum absolute atomic E-state index is 12.8. The standard InChI is InChI=1S/C20H16N2O6/c1-27-11-6-5-10(13(8-11)28-2)9-22-19(25)14-15(20(22)26)18(24)16-12(17(14)23)4-3-7-21-16/h3-8,25-26H,9H2,1-2H3. The van der Waals surface area contributed by atoms with Crippen LogP contribution in [0.4, 0.5) is 0 Å². The third-order valence-electron chi connectivity index (χ3n) is 4.75. The minimum absolute atomic E-state index is 0.0256. The first-order valence-electron chi connectivity index (χ1n) is 8.37. The Hall–Kier alpha value is -3.81. The fourth-order valence-corrected chi connectivity index (χ4v) is 3.35. The van der Waals surface area contributed by atoms with Gasteiger partial charge in [0.05, 0.1) is 31.9 Å². The number of carbonyl (C=O) groups excluding carboxylic acids is 2. The number of ketones is 2. The molecule has 0 aliphatic heterocycles. The van der Waals surface area contributed by atoms with Crippen molar-refractivity contribution in [3.05, 3.63) is 64.5 Å². The summed E-state index contributed by atoms with van der Waals surface area (Å²) < 4.78 is 11.6. The molecule has 8 heteroatoms. The molecule has 8 nitrogen and oxygen atoms in total. The van der Waals surface area contributed by atoms with E-state index in [0.29, 0.717) is 17.1 Å². The van der Waals surface area contributed by atoms with Crippen LogP contribution in [0, 0.1) is 0 Å². The average Bonchev–Trinajstić information content (AvgIpc) is 2.97. The smallest absolute Gasteiger partial charge is 0.218 e. The second-order valence-electron chi connectivity index (χ2n) is 6.22. The monoisotopic (exact) mass is 380 g/mol. The first kappa shape index (κ1) is 17.6. The molecule has 0 unspecified atom stereocenters. The zero-order valence-corrected chi connectivity index (χ0v) is 15.1. The molecule has 0 saturated carbocycles. The number of carbonyl (C=O) groups is 2. The number of nitrogens with zero attached hydrogens (tertiary/aromatic N) is 2. The molecule has 0 fully saturated rings. The van der Waals surface area contributed by atoms with Gasteiger partial charge in [-0.2, -0.15) is 0 Å². The SMILES string of the molecule is COc1ccc(Cn2c(O)c3c(c2O)C(=O)c2ncccc2C3=O)c(OC)c1. The maximum Gasteiger partial charge on any atom is 0.218 e. The van der Waals surface area contributed by atoms with Crippen molar-refractivity contribution in [1.82, 2.24) is 9.55 Å². The van der Waals surface area contributed by atoms with Crippen LogP contribution in [0.25, 0.3) is 0 Å². The van der Waals surface area contributed by atoms with Crippen molar-refractivity contribution in [1.29, 1.82) is 0 Å². The van der Waals surface area contributed by atoms with E-state index >= 15 is 0 Å². The molecule has 1 aromatic carbocycles. The normalized spacial score (nSPS) is 12.5. The van der Waals surface area contributed by atoms with E-state index in [2.05, 4.69) is 4.98 Å². The summed E-state index contributed by atoms with van der Waals surface area (Å²) in [4.78, 5) is 29.5. The molecule has 0 bridgehead atoms. The van der Waals surface area contributed by atoms with Gasteiger partial charge in [0.25, 0.3) is 0 Å².